The van der Waals surface area contributed by atoms with Crippen molar-refractivity contribution in [1.29, 1.82) is 0 Å². The van der Waals surface area contributed by atoms with Gasteiger partial charge in [-0.2, -0.15) is 0 Å². The lowest BCUT2D eigenvalue weighted by Crippen LogP contribution is -2.26. The van der Waals surface area contributed by atoms with Crippen molar-refractivity contribution in [1.82, 2.24) is 9.88 Å². The molecular weight excluding hydrogens is 252 g/mol. The van der Waals surface area contributed by atoms with E-state index >= 15 is 0 Å². The van der Waals surface area contributed by atoms with Gasteiger partial charge in [-0.05, 0) is 25.8 Å². The van der Waals surface area contributed by atoms with Crippen LogP contribution < -0.4 is 0 Å². The van der Waals surface area contributed by atoms with Crippen LogP contribution in [0.4, 0.5) is 0 Å². The van der Waals surface area contributed by atoms with Crippen molar-refractivity contribution in [2.45, 2.75) is 44.5 Å². The average Bonchev–Trinajstić information content (AvgIpc) is 2.78. The number of thiazole rings is 1. The van der Waals surface area contributed by atoms with Gasteiger partial charge in [-0.1, -0.05) is 19.3 Å². The van der Waals surface area contributed by atoms with Gasteiger partial charge < -0.3 is 0 Å². The Morgan fingerprint density at radius 2 is 2.18 bits per heavy atom. The normalized spacial score (nSPS) is 17.8. The van der Waals surface area contributed by atoms with E-state index in [2.05, 4.69) is 22.3 Å². The molecule has 0 spiro atoms. The molecule has 0 atom stereocenters. The lowest BCUT2D eigenvalue weighted by Gasteiger charge is -2.26. The van der Waals surface area contributed by atoms with Crippen LogP contribution in [0.3, 0.4) is 0 Å². The van der Waals surface area contributed by atoms with Crippen LogP contribution in [0.5, 0.6) is 0 Å². The van der Waals surface area contributed by atoms with Crippen LogP contribution in [-0.2, 0) is 12.4 Å². The van der Waals surface area contributed by atoms with Gasteiger partial charge in [-0.3, -0.25) is 4.90 Å². The van der Waals surface area contributed by atoms with Crippen molar-refractivity contribution in [2.75, 3.05) is 13.6 Å². The topological polar surface area (TPSA) is 16.1 Å². The van der Waals surface area contributed by atoms with Gasteiger partial charge in [0.15, 0.2) is 0 Å². The van der Waals surface area contributed by atoms with Crippen molar-refractivity contribution in [3.8, 4) is 0 Å². The third-order valence-electron chi connectivity index (χ3n) is 3.44. The van der Waals surface area contributed by atoms with E-state index in [-0.39, 0.29) is 0 Å². The summed E-state index contributed by atoms with van der Waals surface area (Å²) in [6, 6.07) is 0. The summed E-state index contributed by atoms with van der Waals surface area (Å²) in [5, 5.41) is 3.26. The molecule has 0 amide bonds. The first kappa shape index (κ1) is 13.3. The van der Waals surface area contributed by atoms with Gasteiger partial charge in [0.2, 0.25) is 0 Å². The summed E-state index contributed by atoms with van der Waals surface area (Å²) in [7, 11) is 2.20. The Morgan fingerprint density at radius 1 is 1.41 bits per heavy atom. The molecule has 0 N–H and O–H groups in total. The van der Waals surface area contributed by atoms with Gasteiger partial charge in [-0.25, -0.2) is 4.98 Å². The highest BCUT2D eigenvalue weighted by Gasteiger charge is 2.16. The standard InChI is InChI=1S/C13H21ClN2S/c1-16(8-11-5-3-2-4-6-11)9-13-15-12(7-14)10-17-13/h10-11H,2-9H2,1H3. The Balaban J connectivity index is 1.77. The van der Waals surface area contributed by atoms with E-state index in [1.165, 1.54) is 43.7 Å². The van der Waals surface area contributed by atoms with E-state index in [1.807, 2.05) is 0 Å². The van der Waals surface area contributed by atoms with Crippen LogP contribution >= 0.6 is 22.9 Å². The van der Waals surface area contributed by atoms with Crippen molar-refractivity contribution >= 4 is 22.9 Å². The maximum Gasteiger partial charge on any atom is 0.107 e. The van der Waals surface area contributed by atoms with Crippen LogP contribution in [0, 0.1) is 5.92 Å². The summed E-state index contributed by atoms with van der Waals surface area (Å²) >= 11 is 7.49. The van der Waals surface area contributed by atoms with E-state index in [1.54, 1.807) is 11.3 Å². The smallest absolute Gasteiger partial charge is 0.107 e. The van der Waals surface area contributed by atoms with Gasteiger partial charge in [-0.15, -0.1) is 22.9 Å². The lowest BCUT2D eigenvalue weighted by atomic mass is 9.89. The Morgan fingerprint density at radius 3 is 2.82 bits per heavy atom. The molecule has 1 aliphatic carbocycles. The van der Waals surface area contributed by atoms with Crippen molar-refractivity contribution in [2.24, 2.45) is 5.92 Å². The zero-order valence-corrected chi connectivity index (χ0v) is 12.1. The number of alkyl halides is 1. The fourth-order valence-electron chi connectivity index (χ4n) is 2.59. The number of halogens is 1. The Labute approximate surface area is 113 Å². The Kier molecular flexibility index (Phi) is 5.26. The molecule has 1 aromatic heterocycles. The quantitative estimate of drug-likeness (QED) is 0.756. The highest BCUT2D eigenvalue weighted by molar-refractivity contribution is 7.09. The van der Waals surface area contributed by atoms with Gasteiger partial charge in [0, 0.05) is 11.9 Å². The number of hydrogen-bond acceptors (Lipinski definition) is 3. The number of hydrogen-bond donors (Lipinski definition) is 0. The molecule has 96 valence electrons. The lowest BCUT2D eigenvalue weighted by molar-refractivity contribution is 0.228. The van der Waals surface area contributed by atoms with E-state index in [4.69, 9.17) is 11.6 Å². The predicted molar refractivity (Wildman–Crippen MR) is 74.6 cm³/mol. The first-order valence-electron chi connectivity index (χ1n) is 6.45. The maximum absolute atomic E-state index is 5.76. The van der Waals surface area contributed by atoms with Gasteiger partial charge in [0.05, 0.1) is 18.1 Å². The summed E-state index contributed by atoms with van der Waals surface area (Å²) in [6.07, 6.45) is 7.11. The zero-order valence-electron chi connectivity index (χ0n) is 10.5. The molecule has 4 heteroatoms. The summed E-state index contributed by atoms with van der Waals surface area (Å²) in [5.41, 5.74) is 1.01. The molecule has 0 radical (unpaired) electrons. The third kappa shape index (κ3) is 4.23. The second kappa shape index (κ2) is 6.72. The number of rotatable bonds is 5. The fourth-order valence-corrected chi connectivity index (χ4v) is 3.69. The molecule has 1 fully saturated rings. The fraction of sp³-hybridized carbons (Fsp3) is 0.769. The van der Waals surface area contributed by atoms with E-state index in [0.29, 0.717) is 5.88 Å². The molecule has 0 saturated heterocycles. The second-order valence-corrected chi connectivity index (χ2v) is 6.28. The van der Waals surface area contributed by atoms with E-state index in [0.717, 1.165) is 18.2 Å². The molecule has 0 unspecified atom stereocenters. The summed E-state index contributed by atoms with van der Waals surface area (Å²) in [4.78, 5) is 6.92. The molecule has 2 nitrogen and oxygen atoms in total. The van der Waals surface area contributed by atoms with Crippen LogP contribution in [0.2, 0.25) is 0 Å². The Bertz CT molecular complexity index is 334. The van der Waals surface area contributed by atoms with Crippen LogP contribution in [0.15, 0.2) is 5.38 Å². The third-order valence-corrected chi connectivity index (χ3v) is 4.59. The molecule has 1 heterocycles. The molecule has 17 heavy (non-hydrogen) atoms. The van der Waals surface area contributed by atoms with Crippen LogP contribution in [0.1, 0.15) is 42.8 Å². The van der Waals surface area contributed by atoms with Gasteiger partial charge >= 0.3 is 0 Å². The van der Waals surface area contributed by atoms with Crippen LogP contribution in [-0.4, -0.2) is 23.5 Å². The first-order valence-corrected chi connectivity index (χ1v) is 7.87. The number of nitrogens with zero attached hydrogens (tertiary/aromatic N) is 2. The molecule has 0 bridgehead atoms. The zero-order chi connectivity index (χ0) is 12.1. The van der Waals surface area contributed by atoms with Crippen molar-refractivity contribution < 1.29 is 0 Å². The molecule has 1 aliphatic rings. The molecule has 1 saturated carbocycles. The molecule has 2 rings (SSSR count). The first-order chi connectivity index (χ1) is 8.28. The monoisotopic (exact) mass is 272 g/mol. The van der Waals surface area contributed by atoms with Gasteiger partial charge in [0.1, 0.15) is 5.01 Å². The van der Waals surface area contributed by atoms with Crippen LogP contribution in [0.25, 0.3) is 0 Å². The van der Waals surface area contributed by atoms with E-state index in [9.17, 15) is 0 Å². The predicted octanol–water partition coefficient (Wildman–Crippen LogP) is 3.89. The minimum Gasteiger partial charge on any atom is -0.299 e. The molecule has 1 aromatic rings. The van der Waals surface area contributed by atoms with Crippen molar-refractivity contribution in [3.63, 3.8) is 0 Å². The largest absolute Gasteiger partial charge is 0.299 e. The summed E-state index contributed by atoms with van der Waals surface area (Å²) < 4.78 is 0. The summed E-state index contributed by atoms with van der Waals surface area (Å²) in [6.45, 7) is 2.19. The SMILES string of the molecule is CN(Cc1nc(CCl)cs1)CC1CCCCC1. The minimum absolute atomic E-state index is 0.531. The maximum atomic E-state index is 5.76. The average molecular weight is 273 g/mol. The van der Waals surface area contributed by atoms with Crippen molar-refractivity contribution in [3.05, 3.63) is 16.1 Å². The highest BCUT2D eigenvalue weighted by atomic mass is 35.5. The summed E-state index contributed by atoms with van der Waals surface area (Å²) in [5.74, 6) is 1.43. The molecule has 0 aliphatic heterocycles. The highest BCUT2D eigenvalue weighted by Crippen LogP contribution is 2.24. The minimum atomic E-state index is 0.531. The second-order valence-electron chi connectivity index (χ2n) is 5.07. The number of aromatic nitrogens is 1. The van der Waals surface area contributed by atoms with E-state index < -0.39 is 0 Å². The Hall–Kier alpha value is -0.120. The molecule has 0 aromatic carbocycles. The molecular formula is C13H21ClN2S. The van der Waals surface area contributed by atoms with Gasteiger partial charge in [0.25, 0.3) is 0 Å².